The first-order valence-electron chi connectivity index (χ1n) is 8.88. The average Bonchev–Trinajstić information content (AvgIpc) is 2.66. The molecular weight excluding hydrogens is 334 g/mol. The van der Waals surface area contributed by atoms with Crippen LogP contribution in [0.1, 0.15) is 53.1 Å². The maximum atomic E-state index is 13.6. The van der Waals surface area contributed by atoms with Crippen molar-refractivity contribution in [1.29, 1.82) is 0 Å². The van der Waals surface area contributed by atoms with E-state index in [1.165, 1.54) is 12.5 Å². The SMILES string of the molecule is C=CC1CCC(c2ccc(C(=O)Oc3cc(F)c(C)c(F)c3)cc2)CC1. The molecule has 0 aliphatic heterocycles. The summed E-state index contributed by atoms with van der Waals surface area (Å²) >= 11 is 0. The first-order chi connectivity index (χ1) is 12.5. The van der Waals surface area contributed by atoms with Crippen LogP contribution in [-0.2, 0) is 0 Å². The third kappa shape index (κ3) is 4.01. The summed E-state index contributed by atoms with van der Waals surface area (Å²) in [4.78, 5) is 12.2. The third-order valence-electron chi connectivity index (χ3n) is 5.19. The molecule has 0 saturated heterocycles. The fourth-order valence-electron chi connectivity index (χ4n) is 3.43. The Hall–Kier alpha value is -2.49. The lowest BCUT2D eigenvalue weighted by Crippen LogP contribution is -2.12. The van der Waals surface area contributed by atoms with Gasteiger partial charge in [-0.3, -0.25) is 0 Å². The molecule has 4 heteroatoms. The zero-order chi connectivity index (χ0) is 18.7. The molecule has 2 aromatic rings. The molecule has 0 heterocycles. The topological polar surface area (TPSA) is 26.3 Å². The van der Waals surface area contributed by atoms with Gasteiger partial charge in [-0.05, 0) is 62.1 Å². The van der Waals surface area contributed by atoms with Gasteiger partial charge >= 0.3 is 5.97 Å². The molecule has 0 unspecified atom stereocenters. The summed E-state index contributed by atoms with van der Waals surface area (Å²) < 4.78 is 32.2. The Kier molecular flexibility index (Phi) is 5.50. The van der Waals surface area contributed by atoms with Gasteiger partial charge in [0, 0.05) is 17.7 Å². The predicted octanol–water partition coefficient (Wildman–Crippen LogP) is 5.95. The van der Waals surface area contributed by atoms with Gasteiger partial charge in [-0.15, -0.1) is 6.58 Å². The summed E-state index contributed by atoms with van der Waals surface area (Å²) in [5.74, 6) is -1.14. The summed E-state index contributed by atoms with van der Waals surface area (Å²) in [6.07, 6.45) is 6.54. The van der Waals surface area contributed by atoms with Gasteiger partial charge in [0.2, 0.25) is 0 Å². The van der Waals surface area contributed by atoms with Crippen molar-refractivity contribution in [3.8, 4) is 5.75 Å². The molecule has 0 N–H and O–H groups in total. The van der Waals surface area contributed by atoms with Gasteiger partial charge in [-0.1, -0.05) is 18.2 Å². The number of benzene rings is 2. The van der Waals surface area contributed by atoms with Crippen LogP contribution in [-0.4, -0.2) is 5.97 Å². The van der Waals surface area contributed by atoms with E-state index in [9.17, 15) is 13.6 Å². The van der Waals surface area contributed by atoms with Crippen molar-refractivity contribution in [2.24, 2.45) is 5.92 Å². The average molecular weight is 356 g/mol. The van der Waals surface area contributed by atoms with E-state index < -0.39 is 17.6 Å². The molecule has 0 amide bonds. The number of hydrogen-bond donors (Lipinski definition) is 0. The molecular formula is C22H22F2O2. The number of carbonyl (C=O) groups is 1. The highest BCUT2D eigenvalue weighted by Crippen LogP contribution is 2.36. The molecule has 0 radical (unpaired) electrons. The summed E-state index contributed by atoms with van der Waals surface area (Å²) in [6, 6.07) is 9.32. The number of hydrogen-bond acceptors (Lipinski definition) is 2. The van der Waals surface area contributed by atoms with Gasteiger partial charge in [-0.2, -0.15) is 0 Å². The molecule has 1 fully saturated rings. The molecule has 1 aliphatic rings. The summed E-state index contributed by atoms with van der Waals surface area (Å²) in [6.45, 7) is 5.20. The minimum absolute atomic E-state index is 0.0969. The van der Waals surface area contributed by atoms with Crippen LogP contribution in [0.15, 0.2) is 49.1 Å². The van der Waals surface area contributed by atoms with Crippen LogP contribution in [0.4, 0.5) is 8.78 Å². The van der Waals surface area contributed by atoms with Crippen molar-refractivity contribution in [3.63, 3.8) is 0 Å². The van der Waals surface area contributed by atoms with E-state index in [2.05, 4.69) is 6.58 Å². The lowest BCUT2D eigenvalue weighted by Gasteiger charge is -2.26. The molecule has 0 bridgehead atoms. The fraction of sp³-hybridized carbons (Fsp3) is 0.318. The van der Waals surface area contributed by atoms with E-state index in [4.69, 9.17) is 4.74 Å². The molecule has 0 atom stereocenters. The Morgan fingerprint density at radius 2 is 1.65 bits per heavy atom. The monoisotopic (exact) mass is 356 g/mol. The number of rotatable bonds is 4. The molecule has 2 nitrogen and oxygen atoms in total. The van der Waals surface area contributed by atoms with E-state index in [-0.39, 0.29) is 11.3 Å². The maximum absolute atomic E-state index is 13.6. The minimum Gasteiger partial charge on any atom is -0.423 e. The van der Waals surface area contributed by atoms with Crippen LogP contribution >= 0.6 is 0 Å². The zero-order valence-electron chi connectivity index (χ0n) is 14.8. The van der Waals surface area contributed by atoms with E-state index in [1.54, 1.807) is 12.1 Å². The Balaban J connectivity index is 1.67. The highest BCUT2D eigenvalue weighted by Gasteiger charge is 2.21. The van der Waals surface area contributed by atoms with Crippen molar-refractivity contribution in [2.45, 2.75) is 38.5 Å². The van der Waals surface area contributed by atoms with Crippen LogP contribution in [0.25, 0.3) is 0 Å². The highest BCUT2D eigenvalue weighted by atomic mass is 19.1. The number of carbonyl (C=O) groups excluding carboxylic acids is 1. The lowest BCUT2D eigenvalue weighted by molar-refractivity contribution is 0.0734. The lowest BCUT2D eigenvalue weighted by atomic mass is 9.79. The Morgan fingerprint density at radius 1 is 1.08 bits per heavy atom. The fourth-order valence-corrected chi connectivity index (χ4v) is 3.43. The quantitative estimate of drug-likeness (QED) is 0.384. The smallest absolute Gasteiger partial charge is 0.343 e. The molecule has 3 rings (SSSR count). The first kappa shape index (κ1) is 18.3. The van der Waals surface area contributed by atoms with E-state index in [1.807, 2.05) is 18.2 Å². The van der Waals surface area contributed by atoms with Gasteiger partial charge in [0.1, 0.15) is 17.4 Å². The number of halogens is 2. The van der Waals surface area contributed by atoms with Crippen LogP contribution < -0.4 is 4.74 Å². The molecule has 1 saturated carbocycles. The van der Waals surface area contributed by atoms with Crippen LogP contribution in [0.5, 0.6) is 5.75 Å². The Morgan fingerprint density at radius 3 is 2.19 bits per heavy atom. The zero-order valence-corrected chi connectivity index (χ0v) is 14.8. The van der Waals surface area contributed by atoms with Crippen LogP contribution in [0.2, 0.25) is 0 Å². The second-order valence-electron chi connectivity index (χ2n) is 6.87. The normalized spacial score (nSPS) is 19.8. The van der Waals surface area contributed by atoms with Crippen molar-refractivity contribution in [2.75, 3.05) is 0 Å². The number of esters is 1. The van der Waals surface area contributed by atoms with Crippen LogP contribution in [0.3, 0.4) is 0 Å². The Labute approximate surface area is 152 Å². The first-order valence-corrected chi connectivity index (χ1v) is 8.88. The molecule has 1 aliphatic carbocycles. The number of ether oxygens (including phenoxy) is 1. The van der Waals surface area contributed by atoms with Crippen molar-refractivity contribution in [3.05, 3.63) is 77.4 Å². The van der Waals surface area contributed by atoms with Gasteiger partial charge < -0.3 is 4.74 Å². The van der Waals surface area contributed by atoms with Crippen molar-refractivity contribution in [1.82, 2.24) is 0 Å². The molecule has 136 valence electrons. The molecule has 26 heavy (non-hydrogen) atoms. The molecule has 0 aromatic heterocycles. The van der Waals surface area contributed by atoms with Gasteiger partial charge in [0.25, 0.3) is 0 Å². The van der Waals surface area contributed by atoms with Gasteiger partial charge in [0.05, 0.1) is 5.56 Å². The van der Waals surface area contributed by atoms with Gasteiger partial charge in [-0.25, -0.2) is 13.6 Å². The third-order valence-corrected chi connectivity index (χ3v) is 5.19. The van der Waals surface area contributed by atoms with Crippen LogP contribution in [0, 0.1) is 24.5 Å². The Bertz CT molecular complexity index is 780. The van der Waals surface area contributed by atoms with Gasteiger partial charge in [0.15, 0.2) is 0 Å². The largest absolute Gasteiger partial charge is 0.423 e. The standard InChI is InChI=1S/C22H22F2O2/c1-3-15-4-6-16(7-5-15)17-8-10-18(11-9-17)22(25)26-19-12-20(23)14(2)21(24)13-19/h3,8-13,15-16H,1,4-7H2,2H3. The minimum atomic E-state index is -0.738. The van der Waals surface area contributed by atoms with E-state index in [0.29, 0.717) is 17.4 Å². The van der Waals surface area contributed by atoms with E-state index >= 15 is 0 Å². The second kappa shape index (κ2) is 7.81. The summed E-state index contributed by atoms with van der Waals surface area (Å²) in [5.41, 5.74) is 1.46. The van der Waals surface area contributed by atoms with E-state index in [0.717, 1.165) is 37.8 Å². The maximum Gasteiger partial charge on any atom is 0.343 e. The number of allylic oxidation sites excluding steroid dienone is 1. The van der Waals surface area contributed by atoms with Crippen molar-refractivity contribution < 1.29 is 18.3 Å². The summed E-state index contributed by atoms with van der Waals surface area (Å²) in [7, 11) is 0. The predicted molar refractivity (Wildman–Crippen MR) is 97.4 cm³/mol. The molecule has 2 aromatic carbocycles. The second-order valence-corrected chi connectivity index (χ2v) is 6.87. The summed E-state index contributed by atoms with van der Waals surface area (Å²) in [5, 5.41) is 0. The van der Waals surface area contributed by atoms with Crippen molar-refractivity contribution >= 4 is 5.97 Å². The molecule has 0 spiro atoms. The highest BCUT2D eigenvalue weighted by molar-refractivity contribution is 5.91.